The first-order valence-electron chi connectivity index (χ1n) is 8.49. The van der Waals surface area contributed by atoms with Gasteiger partial charge in [0, 0.05) is 18.3 Å². The molecule has 0 aromatic heterocycles. The summed E-state index contributed by atoms with van der Waals surface area (Å²) in [7, 11) is 0. The van der Waals surface area contributed by atoms with Crippen molar-refractivity contribution in [2.75, 3.05) is 31.6 Å². The molecule has 2 amide bonds. The molecule has 0 radical (unpaired) electrons. The highest BCUT2D eigenvalue weighted by Crippen LogP contribution is 2.15. The maximum absolute atomic E-state index is 12.1. The average molecular weight is 333 g/mol. The number of carbonyl (C=O) groups is 2. The maximum atomic E-state index is 12.1. The summed E-state index contributed by atoms with van der Waals surface area (Å²) in [6, 6.07) is 7.89. The standard InChI is InChI=1S/C18H27N3O3/c1-4-15-7-5-6-8-16(15)20-17(22)9-19-18(23)11-21-10-14(3)24-12-13(21)2/h5-8,13-14H,4,9-12H2,1-3H3,(H,19,23)(H,20,22)/t13-,14+/m0/s1. The summed E-state index contributed by atoms with van der Waals surface area (Å²) in [6.45, 7) is 7.69. The number of rotatable bonds is 6. The van der Waals surface area contributed by atoms with Crippen LogP contribution in [0.5, 0.6) is 0 Å². The van der Waals surface area contributed by atoms with Crippen molar-refractivity contribution in [1.29, 1.82) is 0 Å². The van der Waals surface area contributed by atoms with E-state index in [1.807, 2.05) is 45.0 Å². The van der Waals surface area contributed by atoms with E-state index in [1.54, 1.807) is 0 Å². The molecule has 0 aliphatic carbocycles. The van der Waals surface area contributed by atoms with Gasteiger partial charge in [-0.15, -0.1) is 0 Å². The molecule has 1 aliphatic rings. The lowest BCUT2D eigenvalue weighted by Gasteiger charge is -2.36. The number of hydrogen-bond acceptors (Lipinski definition) is 4. The summed E-state index contributed by atoms with van der Waals surface area (Å²) >= 11 is 0. The molecule has 6 nitrogen and oxygen atoms in total. The Morgan fingerprint density at radius 1 is 1.25 bits per heavy atom. The third-order valence-corrected chi connectivity index (χ3v) is 4.20. The number of nitrogens with one attached hydrogen (secondary N) is 2. The second-order valence-electron chi connectivity index (χ2n) is 6.26. The van der Waals surface area contributed by atoms with Gasteiger partial charge in [0.15, 0.2) is 0 Å². The summed E-state index contributed by atoms with van der Waals surface area (Å²) in [6.07, 6.45) is 0.971. The molecule has 0 bridgehead atoms. The van der Waals surface area contributed by atoms with Gasteiger partial charge in [0.05, 0.1) is 25.8 Å². The molecule has 1 aromatic carbocycles. The van der Waals surface area contributed by atoms with Crippen molar-refractivity contribution in [2.45, 2.75) is 39.3 Å². The van der Waals surface area contributed by atoms with Crippen molar-refractivity contribution in [3.8, 4) is 0 Å². The number of amides is 2. The summed E-state index contributed by atoms with van der Waals surface area (Å²) in [4.78, 5) is 26.2. The van der Waals surface area contributed by atoms with Crippen LogP contribution in [0.25, 0.3) is 0 Å². The number of aryl methyl sites for hydroxylation is 1. The van der Waals surface area contributed by atoms with Crippen LogP contribution in [0.4, 0.5) is 5.69 Å². The molecule has 24 heavy (non-hydrogen) atoms. The first-order chi connectivity index (χ1) is 11.5. The molecular weight excluding hydrogens is 306 g/mol. The number of ether oxygens (including phenoxy) is 1. The highest BCUT2D eigenvalue weighted by molar-refractivity contribution is 5.95. The Kier molecular flexibility index (Phi) is 6.75. The van der Waals surface area contributed by atoms with Crippen LogP contribution in [0.15, 0.2) is 24.3 Å². The molecule has 0 unspecified atom stereocenters. The van der Waals surface area contributed by atoms with E-state index in [1.165, 1.54) is 0 Å². The van der Waals surface area contributed by atoms with Crippen LogP contribution in [0, 0.1) is 0 Å². The van der Waals surface area contributed by atoms with Crippen LogP contribution < -0.4 is 10.6 Å². The van der Waals surface area contributed by atoms with Crippen LogP contribution in [-0.4, -0.2) is 55.1 Å². The van der Waals surface area contributed by atoms with Crippen molar-refractivity contribution in [1.82, 2.24) is 10.2 Å². The SMILES string of the molecule is CCc1ccccc1NC(=O)CNC(=O)CN1C[C@@H](C)OC[C@@H]1C. The summed E-state index contributed by atoms with van der Waals surface area (Å²) < 4.78 is 5.55. The second kappa shape index (κ2) is 8.80. The molecule has 6 heteroatoms. The van der Waals surface area contributed by atoms with Crippen molar-refractivity contribution in [3.63, 3.8) is 0 Å². The molecular formula is C18H27N3O3. The Hall–Kier alpha value is -1.92. The van der Waals surface area contributed by atoms with Crippen LogP contribution >= 0.6 is 0 Å². The third-order valence-electron chi connectivity index (χ3n) is 4.20. The number of carbonyl (C=O) groups excluding carboxylic acids is 2. The van der Waals surface area contributed by atoms with Gasteiger partial charge in [-0.3, -0.25) is 14.5 Å². The monoisotopic (exact) mass is 333 g/mol. The van der Waals surface area contributed by atoms with Crippen molar-refractivity contribution in [3.05, 3.63) is 29.8 Å². The van der Waals surface area contributed by atoms with E-state index in [-0.39, 0.29) is 37.0 Å². The summed E-state index contributed by atoms with van der Waals surface area (Å²) in [5, 5.41) is 5.54. The molecule has 2 N–H and O–H groups in total. The quantitative estimate of drug-likeness (QED) is 0.826. The van der Waals surface area contributed by atoms with Gasteiger partial charge in [-0.05, 0) is 31.9 Å². The van der Waals surface area contributed by atoms with Gasteiger partial charge in [-0.2, -0.15) is 0 Å². The second-order valence-corrected chi connectivity index (χ2v) is 6.26. The van der Waals surface area contributed by atoms with Gasteiger partial charge in [0.25, 0.3) is 0 Å². The maximum Gasteiger partial charge on any atom is 0.243 e. The van der Waals surface area contributed by atoms with E-state index >= 15 is 0 Å². The Balaban J connectivity index is 1.78. The van der Waals surface area contributed by atoms with E-state index in [0.29, 0.717) is 6.61 Å². The topological polar surface area (TPSA) is 70.7 Å². The molecule has 2 rings (SSSR count). The predicted molar refractivity (Wildman–Crippen MR) is 93.9 cm³/mol. The van der Waals surface area contributed by atoms with Gasteiger partial charge >= 0.3 is 0 Å². The zero-order valence-corrected chi connectivity index (χ0v) is 14.7. The van der Waals surface area contributed by atoms with Crippen molar-refractivity contribution >= 4 is 17.5 Å². The molecule has 132 valence electrons. The lowest BCUT2D eigenvalue weighted by molar-refractivity contribution is -0.128. The van der Waals surface area contributed by atoms with Crippen LogP contribution in [0.1, 0.15) is 26.3 Å². The smallest absolute Gasteiger partial charge is 0.243 e. The lowest BCUT2D eigenvalue weighted by atomic mass is 10.1. The Bertz CT molecular complexity index is 576. The molecule has 0 spiro atoms. The predicted octanol–water partition coefficient (Wildman–Crippen LogP) is 1.41. The van der Waals surface area contributed by atoms with Crippen LogP contribution in [-0.2, 0) is 20.7 Å². The van der Waals surface area contributed by atoms with E-state index in [4.69, 9.17) is 4.74 Å². The largest absolute Gasteiger partial charge is 0.376 e. The van der Waals surface area contributed by atoms with Crippen molar-refractivity contribution in [2.24, 2.45) is 0 Å². The van der Waals surface area contributed by atoms with Gasteiger partial charge < -0.3 is 15.4 Å². The molecule has 1 aliphatic heterocycles. The number of nitrogens with zero attached hydrogens (tertiary/aromatic N) is 1. The Morgan fingerprint density at radius 2 is 2.00 bits per heavy atom. The molecule has 1 fully saturated rings. The Labute approximate surface area is 143 Å². The minimum absolute atomic E-state index is 0.0227. The normalized spacial score (nSPS) is 21.3. The number of morpholine rings is 1. The fraction of sp³-hybridized carbons (Fsp3) is 0.556. The molecule has 2 atom stereocenters. The minimum atomic E-state index is -0.215. The number of benzene rings is 1. The van der Waals surface area contributed by atoms with Gasteiger partial charge in [-0.1, -0.05) is 25.1 Å². The van der Waals surface area contributed by atoms with E-state index in [9.17, 15) is 9.59 Å². The van der Waals surface area contributed by atoms with E-state index in [0.717, 1.165) is 24.2 Å². The Morgan fingerprint density at radius 3 is 2.75 bits per heavy atom. The molecule has 1 saturated heterocycles. The van der Waals surface area contributed by atoms with Crippen molar-refractivity contribution < 1.29 is 14.3 Å². The van der Waals surface area contributed by atoms with Crippen LogP contribution in [0.2, 0.25) is 0 Å². The molecule has 1 heterocycles. The number of anilines is 1. The minimum Gasteiger partial charge on any atom is -0.376 e. The van der Waals surface area contributed by atoms with E-state index in [2.05, 4.69) is 15.5 Å². The number of para-hydroxylation sites is 1. The first-order valence-corrected chi connectivity index (χ1v) is 8.49. The van der Waals surface area contributed by atoms with E-state index < -0.39 is 0 Å². The van der Waals surface area contributed by atoms with Crippen LogP contribution in [0.3, 0.4) is 0 Å². The van der Waals surface area contributed by atoms with Gasteiger partial charge in [0.1, 0.15) is 0 Å². The van der Waals surface area contributed by atoms with Gasteiger partial charge in [0.2, 0.25) is 11.8 Å². The highest BCUT2D eigenvalue weighted by atomic mass is 16.5. The fourth-order valence-corrected chi connectivity index (χ4v) is 2.76. The third kappa shape index (κ3) is 5.32. The fourth-order valence-electron chi connectivity index (χ4n) is 2.76. The molecule has 0 saturated carbocycles. The highest BCUT2D eigenvalue weighted by Gasteiger charge is 2.25. The molecule has 1 aromatic rings. The van der Waals surface area contributed by atoms with Gasteiger partial charge in [-0.25, -0.2) is 0 Å². The summed E-state index contributed by atoms with van der Waals surface area (Å²) in [5.41, 5.74) is 1.88. The lowest BCUT2D eigenvalue weighted by Crippen LogP contribution is -2.51. The zero-order valence-electron chi connectivity index (χ0n) is 14.7. The average Bonchev–Trinajstić information content (AvgIpc) is 2.57. The number of hydrogen-bond donors (Lipinski definition) is 2. The summed E-state index contributed by atoms with van der Waals surface area (Å²) in [5.74, 6) is -0.359. The first kappa shape index (κ1) is 18.4. The zero-order chi connectivity index (χ0) is 17.5.